The first-order valence-electron chi connectivity index (χ1n) is 9.55. The summed E-state index contributed by atoms with van der Waals surface area (Å²) in [6, 6.07) is 7.79. The summed E-state index contributed by atoms with van der Waals surface area (Å²) in [6.07, 6.45) is -4.29. The Labute approximate surface area is 179 Å². The molecule has 0 atom stereocenters. The van der Waals surface area contributed by atoms with E-state index in [2.05, 4.69) is 0 Å². The number of benzene rings is 2. The highest BCUT2D eigenvalue weighted by Gasteiger charge is 2.34. The van der Waals surface area contributed by atoms with Crippen LogP contribution in [-0.4, -0.2) is 31.3 Å². The van der Waals surface area contributed by atoms with Crippen LogP contribution in [0.5, 0.6) is 5.75 Å². The van der Waals surface area contributed by atoms with Crippen LogP contribution in [-0.2, 0) is 22.8 Å². The summed E-state index contributed by atoms with van der Waals surface area (Å²) in [5, 5.41) is 8.96. The number of sulfonamides is 1. The van der Waals surface area contributed by atoms with Crippen molar-refractivity contribution >= 4 is 21.7 Å². The molecule has 0 bridgehead atoms. The number of alkyl halides is 3. The lowest BCUT2D eigenvalue weighted by Crippen LogP contribution is -2.38. The molecule has 0 amide bonds. The number of carboxylic acids is 1. The molecule has 6 nitrogen and oxygen atoms in total. The van der Waals surface area contributed by atoms with Gasteiger partial charge >= 0.3 is 12.1 Å². The molecular formula is C21H24F3NO5S. The topological polar surface area (TPSA) is 83.9 Å². The maximum absolute atomic E-state index is 13.3. The molecule has 10 heteroatoms. The van der Waals surface area contributed by atoms with Gasteiger partial charge < -0.3 is 9.84 Å². The van der Waals surface area contributed by atoms with Gasteiger partial charge in [0.15, 0.2) is 0 Å². The van der Waals surface area contributed by atoms with Crippen LogP contribution < -0.4 is 9.04 Å². The van der Waals surface area contributed by atoms with Gasteiger partial charge in [0.2, 0.25) is 10.0 Å². The maximum atomic E-state index is 13.3. The zero-order chi connectivity index (χ0) is 23.4. The van der Waals surface area contributed by atoms with Crippen LogP contribution in [0, 0.1) is 0 Å². The van der Waals surface area contributed by atoms with Crippen LogP contribution in [0.3, 0.4) is 0 Å². The van der Waals surface area contributed by atoms with Gasteiger partial charge in [-0.1, -0.05) is 19.1 Å². The van der Waals surface area contributed by atoms with E-state index in [1.54, 1.807) is 20.8 Å². The molecule has 0 saturated heterocycles. The van der Waals surface area contributed by atoms with Gasteiger partial charge in [-0.05, 0) is 56.2 Å². The fourth-order valence-corrected chi connectivity index (χ4v) is 4.80. The smallest absolute Gasteiger partial charge is 0.416 e. The van der Waals surface area contributed by atoms with Crippen LogP contribution in [0.15, 0.2) is 42.5 Å². The van der Waals surface area contributed by atoms with Gasteiger partial charge in [-0.2, -0.15) is 13.2 Å². The van der Waals surface area contributed by atoms with E-state index in [-0.39, 0.29) is 29.4 Å². The Kier molecular flexibility index (Phi) is 7.58. The second-order valence-electron chi connectivity index (χ2n) is 7.18. The van der Waals surface area contributed by atoms with Gasteiger partial charge in [0.1, 0.15) is 12.4 Å². The molecule has 2 aromatic carbocycles. The first-order valence-corrected chi connectivity index (χ1v) is 11.2. The molecule has 0 aromatic heterocycles. The average molecular weight is 459 g/mol. The summed E-state index contributed by atoms with van der Waals surface area (Å²) in [5.41, 5.74) is -0.385. The van der Waals surface area contributed by atoms with Crippen LogP contribution >= 0.6 is 0 Å². The van der Waals surface area contributed by atoms with Crippen molar-refractivity contribution in [1.29, 1.82) is 0 Å². The number of hydrogen-bond acceptors (Lipinski definition) is 4. The van der Waals surface area contributed by atoms with Crippen LogP contribution in [0.2, 0.25) is 0 Å². The van der Waals surface area contributed by atoms with Crippen molar-refractivity contribution < 1.29 is 36.2 Å². The number of ether oxygens (including phenoxy) is 1. The molecule has 31 heavy (non-hydrogen) atoms. The van der Waals surface area contributed by atoms with E-state index < -0.39 is 33.8 Å². The quantitative estimate of drug-likeness (QED) is 0.574. The Balaban J connectivity index is 2.47. The number of hydrogen-bond donors (Lipinski definition) is 1. The Hall–Kier alpha value is -2.75. The second kappa shape index (κ2) is 9.59. The van der Waals surface area contributed by atoms with Crippen LogP contribution in [0.25, 0.3) is 0 Å². The molecule has 2 rings (SSSR count). The van der Waals surface area contributed by atoms with Gasteiger partial charge in [-0.15, -0.1) is 0 Å². The van der Waals surface area contributed by atoms with Crippen molar-refractivity contribution in [3.05, 3.63) is 59.2 Å². The highest BCUT2D eigenvalue weighted by Crippen LogP contribution is 2.39. The summed E-state index contributed by atoms with van der Waals surface area (Å²) >= 11 is 0. The molecule has 1 N–H and O–H groups in total. The molecular weight excluding hydrogens is 435 g/mol. The van der Waals surface area contributed by atoms with Crippen molar-refractivity contribution in [3.63, 3.8) is 0 Å². The normalized spacial score (nSPS) is 12.1. The van der Waals surface area contributed by atoms with E-state index in [0.29, 0.717) is 12.0 Å². The summed E-state index contributed by atoms with van der Waals surface area (Å²) in [5.74, 6) is -1.51. The molecule has 2 aromatic rings. The monoisotopic (exact) mass is 459 g/mol. The van der Waals surface area contributed by atoms with Crippen molar-refractivity contribution in [1.82, 2.24) is 0 Å². The predicted octanol–water partition coefficient (Wildman–Crippen LogP) is 4.94. The van der Waals surface area contributed by atoms with Gasteiger partial charge in [0.05, 0.1) is 22.6 Å². The third-order valence-electron chi connectivity index (χ3n) is 4.35. The molecule has 0 aliphatic heterocycles. The molecule has 0 aliphatic rings. The number of carboxylic acid groups (broad SMARTS) is 1. The second-order valence-corrected chi connectivity index (χ2v) is 9.14. The van der Waals surface area contributed by atoms with E-state index in [0.717, 1.165) is 22.5 Å². The van der Waals surface area contributed by atoms with Crippen LogP contribution in [0.4, 0.5) is 18.9 Å². The Morgan fingerprint density at radius 3 is 2.23 bits per heavy atom. The lowest BCUT2D eigenvalue weighted by Gasteiger charge is -2.30. The number of halogens is 3. The van der Waals surface area contributed by atoms with E-state index in [1.807, 2.05) is 0 Å². The summed E-state index contributed by atoms with van der Waals surface area (Å²) in [6.45, 7) is 4.77. The molecule has 0 fully saturated rings. The number of aromatic carboxylic acids is 1. The summed E-state index contributed by atoms with van der Waals surface area (Å²) in [7, 11) is -3.79. The van der Waals surface area contributed by atoms with Gasteiger partial charge in [0, 0.05) is 6.04 Å². The Morgan fingerprint density at radius 2 is 1.74 bits per heavy atom. The fraction of sp³-hybridized carbons (Fsp3) is 0.381. The van der Waals surface area contributed by atoms with Gasteiger partial charge in [-0.25, -0.2) is 13.2 Å². The zero-order valence-corrected chi connectivity index (χ0v) is 18.1. The van der Waals surface area contributed by atoms with Crippen molar-refractivity contribution in [2.45, 2.75) is 46.0 Å². The highest BCUT2D eigenvalue weighted by atomic mass is 32.2. The number of carbonyl (C=O) groups is 1. The zero-order valence-electron chi connectivity index (χ0n) is 17.3. The molecule has 0 unspecified atom stereocenters. The molecule has 0 radical (unpaired) electrons. The number of anilines is 1. The van der Waals surface area contributed by atoms with Crippen molar-refractivity contribution in [2.75, 3.05) is 10.1 Å². The SMILES string of the molecule is CCCS(=O)(=O)N(c1ccc(C(F)(F)F)cc1OCc1ccc(C(=O)O)cc1)C(C)C. The van der Waals surface area contributed by atoms with E-state index in [4.69, 9.17) is 9.84 Å². The van der Waals surface area contributed by atoms with Crippen LogP contribution in [0.1, 0.15) is 48.7 Å². The fourth-order valence-electron chi connectivity index (χ4n) is 3.00. The number of nitrogens with zero attached hydrogens (tertiary/aromatic N) is 1. The minimum atomic E-state index is -4.63. The van der Waals surface area contributed by atoms with Gasteiger partial charge in [-0.3, -0.25) is 4.31 Å². The molecule has 0 heterocycles. The van der Waals surface area contributed by atoms with Crippen molar-refractivity contribution in [2.24, 2.45) is 0 Å². The lowest BCUT2D eigenvalue weighted by molar-refractivity contribution is -0.137. The Morgan fingerprint density at radius 1 is 1.13 bits per heavy atom. The standard InChI is InChI=1S/C21H24F3NO5S/c1-4-11-31(28,29)25(14(2)3)18-10-9-17(21(22,23)24)12-19(18)30-13-15-5-7-16(8-6-15)20(26)27/h5-10,12,14H,4,11,13H2,1-3H3,(H,26,27). The summed E-state index contributed by atoms with van der Waals surface area (Å²) in [4.78, 5) is 11.0. The average Bonchev–Trinajstić information content (AvgIpc) is 2.66. The highest BCUT2D eigenvalue weighted by molar-refractivity contribution is 7.92. The van der Waals surface area contributed by atoms with Crippen molar-refractivity contribution in [3.8, 4) is 5.75 Å². The first-order chi connectivity index (χ1) is 14.4. The van der Waals surface area contributed by atoms with E-state index in [9.17, 15) is 26.4 Å². The third-order valence-corrected chi connectivity index (χ3v) is 6.49. The maximum Gasteiger partial charge on any atom is 0.416 e. The van der Waals surface area contributed by atoms with E-state index >= 15 is 0 Å². The van der Waals surface area contributed by atoms with Gasteiger partial charge in [0.25, 0.3) is 0 Å². The predicted molar refractivity (Wildman–Crippen MR) is 111 cm³/mol. The molecule has 0 saturated carbocycles. The van der Waals surface area contributed by atoms with E-state index in [1.165, 1.54) is 24.3 Å². The molecule has 0 aliphatic carbocycles. The lowest BCUT2D eigenvalue weighted by atomic mass is 10.1. The minimum Gasteiger partial charge on any atom is -0.487 e. The first kappa shape index (κ1) is 24.5. The Bertz CT molecular complexity index is 1020. The third kappa shape index (κ3) is 6.13. The largest absolute Gasteiger partial charge is 0.487 e. The molecule has 170 valence electrons. The summed E-state index contributed by atoms with van der Waals surface area (Å²) < 4.78 is 72.0. The number of rotatable bonds is 9. The molecule has 0 spiro atoms. The minimum absolute atomic E-state index is 0.0126.